The van der Waals surface area contributed by atoms with Crippen molar-refractivity contribution in [3.8, 4) is 5.75 Å². The Morgan fingerprint density at radius 3 is 2.48 bits per heavy atom. The van der Waals surface area contributed by atoms with E-state index in [2.05, 4.69) is 15.6 Å². The third-order valence-corrected chi connectivity index (χ3v) is 6.90. The highest BCUT2D eigenvalue weighted by Crippen LogP contribution is 2.28. The van der Waals surface area contributed by atoms with E-state index in [-0.39, 0.29) is 23.1 Å². The first-order valence-corrected chi connectivity index (χ1v) is 11.6. The van der Waals surface area contributed by atoms with Crippen molar-refractivity contribution in [2.24, 2.45) is 7.05 Å². The van der Waals surface area contributed by atoms with Gasteiger partial charge in [0.25, 0.3) is 0 Å². The number of aromatic nitrogens is 2. The van der Waals surface area contributed by atoms with Gasteiger partial charge < -0.3 is 19.9 Å². The number of carbonyl (C=O) groups is 2. The quantitative estimate of drug-likeness (QED) is 0.518. The van der Waals surface area contributed by atoms with E-state index in [1.165, 1.54) is 34.2 Å². The topological polar surface area (TPSA) is 123 Å². The van der Waals surface area contributed by atoms with E-state index in [4.69, 9.17) is 4.74 Å². The fourth-order valence-electron chi connectivity index (χ4n) is 3.35. The van der Waals surface area contributed by atoms with Crippen LogP contribution in [0.4, 0.5) is 11.4 Å². The van der Waals surface area contributed by atoms with Gasteiger partial charge in [0.15, 0.2) is 0 Å². The molecule has 3 rings (SSSR count). The van der Waals surface area contributed by atoms with Gasteiger partial charge in [0.05, 0.1) is 28.7 Å². The number of hydrogen-bond donors (Lipinski definition) is 2. The smallest absolute Gasteiger partial charge is 0.242 e. The number of sulfonamides is 1. The summed E-state index contributed by atoms with van der Waals surface area (Å²) in [7, 11) is 2.70. The van der Waals surface area contributed by atoms with Crippen LogP contribution in [0.25, 0.3) is 11.0 Å². The van der Waals surface area contributed by atoms with E-state index in [1.807, 2.05) is 11.6 Å². The predicted octanol–water partition coefficient (Wildman–Crippen LogP) is 2.36. The van der Waals surface area contributed by atoms with E-state index in [0.29, 0.717) is 34.9 Å². The highest BCUT2D eigenvalue weighted by atomic mass is 32.2. The fraction of sp³-hybridized carbons (Fsp3) is 0.318. The minimum Gasteiger partial charge on any atom is -0.495 e. The first-order chi connectivity index (χ1) is 15.5. The van der Waals surface area contributed by atoms with Crippen LogP contribution in [0, 0.1) is 0 Å². The Kier molecular flexibility index (Phi) is 7.04. The summed E-state index contributed by atoms with van der Waals surface area (Å²) >= 11 is 0. The standard InChI is InChI=1S/C22H27N5O5S/c1-14(28)23-15-6-9-20(32-5)18(12-15)25-22(29)11-10-21-24-17-13-16(33(30,31)26(2)3)7-8-19(17)27(21)4/h6-9,12-13H,10-11H2,1-5H3,(H,23,28)(H,25,29). The number of ether oxygens (including phenoxy) is 1. The number of amides is 2. The molecular weight excluding hydrogens is 446 g/mol. The van der Waals surface area contributed by atoms with E-state index < -0.39 is 10.0 Å². The highest BCUT2D eigenvalue weighted by Gasteiger charge is 2.19. The van der Waals surface area contributed by atoms with Crippen LogP contribution < -0.4 is 15.4 Å². The Morgan fingerprint density at radius 2 is 1.85 bits per heavy atom. The van der Waals surface area contributed by atoms with Gasteiger partial charge in [-0.25, -0.2) is 17.7 Å². The molecule has 1 heterocycles. The van der Waals surface area contributed by atoms with Gasteiger partial charge in [0, 0.05) is 46.6 Å². The molecule has 0 spiro atoms. The Balaban J connectivity index is 1.76. The number of methoxy groups -OCH3 is 1. The normalized spacial score (nSPS) is 11.6. The van der Waals surface area contributed by atoms with Crippen LogP contribution in [0.3, 0.4) is 0 Å². The van der Waals surface area contributed by atoms with Crippen LogP contribution in [0.1, 0.15) is 19.2 Å². The molecule has 3 aromatic rings. The summed E-state index contributed by atoms with van der Waals surface area (Å²) in [5.41, 5.74) is 2.29. The number of rotatable bonds is 8. The number of hydrogen-bond acceptors (Lipinski definition) is 6. The lowest BCUT2D eigenvalue weighted by molar-refractivity contribution is -0.116. The van der Waals surface area contributed by atoms with Gasteiger partial charge in [0.1, 0.15) is 11.6 Å². The number of carbonyl (C=O) groups excluding carboxylic acids is 2. The number of fused-ring (bicyclic) bond motifs is 1. The lowest BCUT2D eigenvalue weighted by Gasteiger charge is -2.12. The van der Waals surface area contributed by atoms with Gasteiger partial charge in [-0.1, -0.05) is 0 Å². The lowest BCUT2D eigenvalue weighted by atomic mass is 10.2. The van der Waals surface area contributed by atoms with E-state index in [0.717, 1.165) is 9.82 Å². The number of anilines is 2. The molecule has 1 aromatic heterocycles. The highest BCUT2D eigenvalue weighted by molar-refractivity contribution is 7.89. The number of nitrogens with one attached hydrogen (secondary N) is 2. The molecule has 0 aliphatic heterocycles. The van der Waals surface area contributed by atoms with Crippen molar-refractivity contribution >= 4 is 44.2 Å². The van der Waals surface area contributed by atoms with Crippen molar-refractivity contribution in [1.82, 2.24) is 13.9 Å². The Labute approximate surface area is 192 Å². The summed E-state index contributed by atoms with van der Waals surface area (Å²) in [4.78, 5) is 28.6. The first-order valence-electron chi connectivity index (χ1n) is 10.2. The molecule has 0 saturated heterocycles. The Hall–Kier alpha value is -3.44. The van der Waals surface area contributed by atoms with Crippen LogP contribution in [0.5, 0.6) is 5.75 Å². The molecule has 0 saturated carbocycles. The van der Waals surface area contributed by atoms with Crippen molar-refractivity contribution in [2.45, 2.75) is 24.7 Å². The van der Waals surface area contributed by atoms with Crippen LogP contribution >= 0.6 is 0 Å². The fourth-order valence-corrected chi connectivity index (χ4v) is 4.27. The summed E-state index contributed by atoms with van der Waals surface area (Å²) < 4.78 is 33.1. The molecule has 0 fully saturated rings. The maximum Gasteiger partial charge on any atom is 0.242 e. The SMILES string of the molecule is COc1ccc(NC(C)=O)cc1NC(=O)CCc1nc2cc(S(=O)(=O)N(C)C)ccc2n1C. The maximum atomic E-state index is 12.6. The third kappa shape index (κ3) is 5.32. The predicted molar refractivity (Wildman–Crippen MR) is 126 cm³/mol. The van der Waals surface area contributed by atoms with Gasteiger partial charge in [0.2, 0.25) is 21.8 Å². The van der Waals surface area contributed by atoms with Crippen LogP contribution in [0.2, 0.25) is 0 Å². The molecule has 10 nitrogen and oxygen atoms in total. The van der Waals surface area contributed by atoms with Gasteiger partial charge in [-0.3, -0.25) is 9.59 Å². The zero-order valence-corrected chi connectivity index (χ0v) is 20.0. The van der Waals surface area contributed by atoms with Gasteiger partial charge >= 0.3 is 0 Å². The molecule has 2 N–H and O–H groups in total. The summed E-state index contributed by atoms with van der Waals surface area (Å²) in [6, 6.07) is 9.75. The molecule has 11 heteroatoms. The van der Waals surface area contributed by atoms with Crippen molar-refractivity contribution in [1.29, 1.82) is 0 Å². The lowest BCUT2D eigenvalue weighted by Crippen LogP contribution is -2.22. The molecule has 176 valence electrons. The second-order valence-corrected chi connectivity index (χ2v) is 9.82. The molecule has 0 aliphatic rings. The summed E-state index contributed by atoms with van der Waals surface area (Å²) in [6.07, 6.45) is 0.494. The van der Waals surface area contributed by atoms with Crippen LogP contribution in [-0.4, -0.2) is 55.3 Å². The first kappa shape index (κ1) is 24.2. The Bertz CT molecular complexity index is 1310. The van der Waals surface area contributed by atoms with E-state index in [1.54, 1.807) is 30.3 Å². The summed E-state index contributed by atoms with van der Waals surface area (Å²) in [6.45, 7) is 1.40. The van der Waals surface area contributed by atoms with Gasteiger partial charge in [-0.15, -0.1) is 0 Å². The molecule has 2 aromatic carbocycles. The average molecular weight is 474 g/mol. The number of benzene rings is 2. The minimum atomic E-state index is -3.57. The van der Waals surface area contributed by atoms with E-state index in [9.17, 15) is 18.0 Å². The van der Waals surface area contributed by atoms with Crippen molar-refractivity contribution in [3.63, 3.8) is 0 Å². The largest absolute Gasteiger partial charge is 0.495 e. The van der Waals surface area contributed by atoms with Crippen molar-refractivity contribution in [2.75, 3.05) is 31.8 Å². The molecule has 0 bridgehead atoms. The van der Waals surface area contributed by atoms with Crippen LogP contribution in [0.15, 0.2) is 41.3 Å². The maximum absolute atomic E-state index is 12.6. The monoisotopic (exact) mass is 473 g/mol. The van der Waals surface area contributed by atoms with E-state index >= 15 is 0 Å². The molecule has 0 atom stereocenters. The second kappa shape index (κ2) is 9.59. The molecule has 2 amide bonds. The Morgan fingerprint density at radius 1 is 1.12 bits per heavy atom. The van der Waals surface area contributed by atoms with Gasteiger partial charge in [-0.2, -0.15) is 0 Å². The average Bonchev–Trinajstić information content (AvgIpc) is 3.07. The van der Waals surface area contributed by atoms with Gasteiger partial charge in [-0.05, 0) is 36.4 Å². The number of nitrogens with zero attached hydrogens (tertiary/aromatic N) is 3. The third-order valence-electron chi connectivity index (χ3n) is 5.09. The molecule has 33 heavy (non-hydrogen) atoms. The summed E-state index contributed by atoms with van der Waals surface area (Å²) in [5, 5.41) is 5.47. The zero-order chi connectivity index (χ0) is 24.3. The number of imidazole rings is 1. The molecule has 0 unspecified atom stereocenters. The summed E-state index contributed by atoms with van der Waals surface area (Å²) in [5.74, 6) is 0.644. The molecule has 0 aliphatic carbocycles. The second-order valence-electron chi connectivity index (χ2n) is 7.67. The van der Waals surface area contributed by atoms with Crippen LogP contribution in [-0.2, 0) is 33.1 Å². The zero-order valence-electron chi connectivity index (χ0n) is 19.2. The minimum absolute atomic E-state index is 0.146. The molecule has 0 radical (unpaired) electrons. The van der Waals surface area contributed by atoms with Crippen molar-refractivity contribution in [3.05, 3.63) is 42.2 Å². The molecular formula is C22H27N5O5S. The number of aryl methyl sites for hydroxylation is 2. The van der Waals surface area contributed by atoms with Crippen molar-refractivity contribution < 1.29 is 22.7 Å².